The lowest BCUT2D eigenvalue weighted by molar-refractivity contribution is 0.556. The fraction of sp³-hybridized carbons (Fsp3) is 0.450. The molecule has 3 aromatic rings. The molecule has 0 amide bonds. The molecule has 0 radical (unpaired) electrons. The molecule has 0 saturated carbocycles. The van der Waals surface area contributed by atoms with Crippen LogP contribution in [0.1, 0.15) is 46.2 Å². The molecule has 1 aromatic carbocycles. The summed E-state index contributed by atoms with van der Waals surface area (Å²) in [5.41, 5.74) is 3.45. The van der Waals surface area contributed by atoms with Gasteiger partial charge in [0, 0.05) is 22.8 Å². The van der Waals surface area contributed by atoms with Crippen molar-refractivity contribution >= 4 is 40.2 Å². The van der Waals surface area contributed by atoms with Crippen molar-refractivity contribution in [3.8, 4) is 0 Å². The Morgan fingerprint density at radius 3 is 2.44 bits per heavy atom. The molecule has 2 heterocycles. The highest BCUT2D eigenvalue weighted by molar-refractivity contribution is 6.31. The summed E-state index contributed by atoms with van der Waals surface area (Å²) in [6.45, 7) is 12.7. The molecule has 144 valence electrons. The lowest BCUT2D eigenvalue weighted by atomic mass is 10.1. The average molecular weight is 387 g/mol. The van der Waals surface area contributed by atoms with Crippen LogP contribution in [0.3, 0.4) is 0 Å². The fourth-order valence-corrected chi connectivity index (χ4v) is 2.80. The van der Waals surface area contributed by atoms with Crippen LogP contribution in [0.25, 0.3) is 11.2 Å². The van der Waals surface area contributed by atoms with Gasteiger partial charge in [0.1, 0.15) is 0 Å². The van der Waals surface area contributed by atoms with Gasteiger partial charge in [0.15, 0.2) is 17.0 Å². The number of imidazole rings is 1. The lowest BCUT2D eigenvalue weighted by Crippen LogP contribution is -2.23. The van der Waals surface area contributed by atoms with Crippen molar-refractivity contribution in [1.29, 1.82) is 0 Å². The number of nitrogens with zero attached hydrogens (tertiary/aromatic N) is 4. The van der Waals surface area contributed by atoms with E-state index in [1.54, 1.807) is 0 Å². The van der Waals surface area contributed by atoms with Crippen molar-refractivity contribution in [3.63, 3.8) is 0 Å². The Kier molecular flexibility index (Phi) is 5.56. The number of anilines is 3. The number of fused-ring (bicyclic) bond motifs is 1. The Bertz CT molecular complexity index is 947. The minimum Gasteiger partial charge on any atom is -0.351 e. The predicted octanol–water partition coefficient (Wildman–Crippen LogP) is 5.57. The van der Waals surface area contributed by atoms with Crippen LogP contribution in [0.2, 0.25) is 5.02 Å². The summed E-state index contributed by atoms with van der Waals surface area (Å²) in [6.07, 6.45) is 1.81. The van der Waals surface area contributed by atoms with Gasteiger partial charge in [0.05, 0.1) is 6.33 Å². The van der Waals surface area contributed by atoms with Gasteiger partial charge < -0.3 is 15.2 Å². The summed E-state index contributed by atoms with van der Waals surface area (Å²) < 4.78 is 2.05. The topological polar surface area (TPSA) is 67.7 Å². The zero-order valence-corrected chi connectivity index (χ0v) is 17.5. The first kappa shape index (κ1) is 19.4. The first-order chi connectivity index (χ1) is 12.8. The molecular formula is C20H27ClN6. The highest BCUT2D eigenvalue weighted by atomic mass is 35.5. The van der Waals surface area contributed by atoms with Crippen LogP contribution in [-0.4, -0.2) is 25.6 Å². The smallest absolute Gasteiger partial charge is 0.227 e. The van der Waals surface area contributed by atoms with Crippen LogP contribution in [-0.2, 0) is 0 Å². The van der Waals surface area contributed by atoms with Gasteiger partial charge in [0.2, 0.25) is 5.95 Å². The van der Waals surface area contributed by atoms with E-state index in [-0.39, 0.29) is 12.1 Å². The van der Waals surface area contributed by atoms with Crippen LogP contribution in [0.15, 0.2) is 24.5 Å². The van der Waals surface area contributed by atoms with Gasteiger partial charge in [-0.05, 0) is 51.3 Å². The van der Waals surface area contributed by atoms with Gasteiger partial charge in [-0.25, -0.2) is 4.98 Å². The summed E-state index contributed by atoms with van der Waals surface area (Å²) in [7, 11) is 0. The van der Waals surface area contributed by atoms with E-state index in [2.05, 4.69) is 54.8 Å². The quantitative estimate of drug-likeness (QED) is 0.579. The molecule has 2 N–H and O–H groups in total. The van der Waals surface area contributed by atoms with E-state index in [4.69, 9.17) is 21.6 Å². The van der Waals surface area contributed by atoms with E-state index >= 15 is 0 Å². The van der Waals surface area contributed by atoms with Crippen molar-refractivity contribution in [1.82, 2.24) is 19.5 Å². The zero-order chi connectivity index (χ0) is 19.7. The fourth-order valence-electron chi connectivity index (χ4n) is 2.62. The first-order valence-corrected chi connectivity index (χ1v) is 9.68. The van der Waals surface area contributed by atoms with E-state index < -0.39 is 0 Å². The summed E-state index contributed by atoms with van der Waals surface area (Å²) >= 11 is 6.27. The maximum absolute atomic E-state index is 6.27. The normalized spacial score (nSPS) is 12.8. The van der Waals surface area contributed by atoms with Gasteiger partial charge in [-0.3, -0.25) is 0 Å². The molecule has 0 spiro atoms. The number of hydrogen-bond acceptors (Lipinski definition) is 5. The van der Waals surface area contributed by atoms with E-state index in [0.29, 0.717) is 22.7 Å². The molecule has 0 bridgehead atoms. The number of nitrogens with one attached hydrogen (secondary N) is 2. The summed E-state index contributed by atoms with van der Waals surface area (Å²) in [6, 6.07) is 6.36. The number of hydrogen-bond donors (Lipinski definition) is 2. The van der Waals surface area contributed by atoms with Crippen LogP contribution < -0.4 is 10.6 Å². The Labute approximate surface area is 165 Å². The molecule has 2 aromatic heterocycles. The van der Waals surface area contributed by atoms with Crippen molar-refractivity contribution in [2.45, 2.75) is 53.6 Å². The molecule has 27 heavy (non-hydrogen) atoms. The lowest BCUT2D eigenvalue weighted by Gasteiger charge is -2.18. The molecule has 1 unspecified atom stereocenters. The molecule has 0 saturated heterocycles. The van der Waals surface area contributed by atoms with Gasteiger partial charge in [-0.1, -0.05) is 31.5 Å². The third kappa shape index (κ3) is 4.16. The number of rotatable bonds is 6. The third-order valence-corrected chi connectivity index (χ3v) is 5.18. The molecule has 0 aliphatic rings. The zero-order valence-electron chi connectivity index (χ0n) is 16.7. The van der Waals surface area contributed by atoms with E-state index in [0.717, 1.165) is 22.4 Å². The highest BCUT2D eigenvalue weighted by Crippen LogP contribution is 2.28. The largest absolute Gasteiger partial charge is 0.351 e. The number of aryl methyl sites for hydroxylation is 1. The van der Waals surface area contributed by atoms with E-state index in [1.165, 1.54) is 0 Å². The molecule has 0 aliphatic carbocycles. The molecule has 0 fully saturated rings. The Hall–Kier alpha value is -2.34. The Morgan fingerprint density at radius 2 is 1.81 bits per heavy atom. The van der Waals surface area contributed by atoms with Crippen molar-refractivity contribution in [3.05, 3.63) is 35.1 Å². The monoisotopic (exact) mass is 386 g/mol. The van der Waals surface area contributed by atoms with Crippen LogP contribution in [0, 0.1) is 12.8 Å². The molecule has 7 heteroatoms. The molecular weight excluding hydrogens is 360 g/mol. The first-order valence-electron chi connectivity index (χ1n) is 9.30. The summed E-state index contributed by atoms with van der Waals surface area (Å²) in [5.74, 6) is 1.72. The summed E-state index contributed by atoms with van der Waals surface area (Å²) in [4.78, 5) is 14.0. The van der Waals surface area contributed by atoms with E-state index in [1.807, 2.05) is 31.5 Å². The van der Waals surface area contributed by atoms with Gasteiger partial charge in [-0.15, -0.1) is 0 Å². The minimum absolute atomic E-state index is 0.250. The maximum atomic E-state index is 6.27. The van der Waals surface area contributed by atoms with Gasteiger partial charge in [0.25, 0.3) is 0 Å². The molecule has 0 aliphatic heterocycles. The second-order valence-corrected chi connectivity index (χ2v) is 7.99. The van der Waals surface area contributed by atoms with Gasteiger partial charge >= 0.3 is 0 Å². The third-order valence-electron chi connectivity index (χ3n) is 4.77. The van der Waals surface area contributed by atoms with E-state index in [9.17, 15) is 0 Å². The number of halogens is 1. The van der Waals surface area contributed by atoms with Crippen LogP contribution in [0.4, 0.5) is 17.5 Å². The van der Waals surface area contributed by atoms with Gasteiger partial charge in [-0.2, -0.15) is 9.97 Å². The van der Waals surface area contributed by atoms with Crippen molar-refractivity contribution in [2.75, 3.05) is 10.6 Å². The predicted molar refractivity (Wildman–Crippen MR) is 113 cm³/mol. The number of aromatic nitrogens is 4. The maximum Gasteiger partial charge on any atom is 0.227 e. The second kappa shape index (κ2) is 7.72. The second-order valence-electron chi connectivity index (χ2n) is 7.58. The van der Waals surface area contributed by atoms with Crippen molar-refractivity contribution in [2.24, 2.45) is 5.92 Å². The van der Waals surface area contributed by atoms with Crippen LogP contribution in [0.5, 0.6) is 0 Å². The standard InChI is InChI=1S/C20H27ClN6/c1-11(2)14(6)23-20-25-18(24-15-8-7-13(5)16(21)9-15)17-19(26-20)27(10-22-17)12(3)4/h7-12,14H,1-6H3,(H2,23,24,25,26). The summed E-state index contributed by atoms with van der Waals surface area (Å²) in [5, 5.41) is 7.48. The van der Waals surface area contributed by atoms with Crippen molar-refractivity contribution < 1.29 is 0 Å². The Balaban J connectivity index is 2.07. The Morgan fingerprint density at radius 1 is 1.07 bits per heavy atom. The SMILES string of the molecule is Cc1ccc(Nc2nc(NC(C)C(C)C)nc3c2ncn3C(C)C)cc1Cl. The molecule has 3 rings (SSSR count). The van der Waals surface area contributed by atoms with Crippen LogP contribution >= 0.6 is 11.6 Å². The highest BCUT2D eigenvalue weighted by Gasteiger charge is 2.17. The number of benzene rings is 1. The molecule has 1 atom stereocenters. The molecule has 6 nitrogen and oxygen atoms in total. The average Bonchev–Trinajstić information content (AvgIpc) is 3.02. The minimum atomic E-state index is 0.250.